The van der Waals surface area contributed by atoms with E-state index in [1.807, 2.05) is 78.9 Å². The smallest absolute Gasteiger partial charge is 0.411 e. The van der Waals surface area contributed by atoms with E-state index in [-0.39, 0.29) is 62.3 Å². The average molecular weight is 895 g/mol. The van der Waals surface area contributed by atoms with E-state index in [9.17, 15) is 33.6 Å². The van der Waals surface area contributed by atoms with E-state index < -0.39 is 41.8 Å². The van der Waals surface area contributed by atoms with Crippen LogP contribution in [0.25, 0.3) is 21.5 Å². The molecule has 2 fully saturated rings. The SMILES string of the molecule is CNC(=O)C(Cc1ccc2ccccc2c1)N1CCN(C(=O)OC(C)(C)C)C(CCOC(C)=O)C1=O.CNC(=O)C(Cc1ccc2ccccc2c1)N1CCNC(CCOC(C)=O)C1=O. The largest absolute Gasteiger partial charge is 0.466 e. The van der Waals surface area contributed by atoms with Crippen LogP contribution in [-0.4, -0.2) is 140 Å². The first-order valence-corrected chi connectivity index (χ1v) is 22.0. The Morgan fingerprint density at radius 3 is 1.62 bits per heavy atom. The van der Waals surface area contributed by atoms with Crippen LogP contribution in [-0.2, 0) is 55.8 Å². The first-order chi connectivity index (χ1) is 31.0. The number of nitrogens with zero attached hydrogens (tertiary/aromatic N) is 3. The van der Waals surface area contributed by atoms with Gasteiger partial charge in [-0.05, 0) is 53.4 Å². The molecule has 0 radical (unpaired) electrons. The third kappa shape index (κ3) is 13.7. The van der Waals surface area contributed by atoms with Gasteiger partial charge in [-0.3, -0.25) is 33.7 Å². The summed E-state index contributed by atoms with van der Waals surface area (Å²) in [6, 6.07) is 25.3. The molecule has 3 N–H and O–H groups in total. The summed E-state index contributed by atoms with van der Waals surface area (Å²) in [5, 5.41) is 12.9. The number of likely N-dealkylation sites (N-methyl/N-ethyl adjacent to an activating group) is 2. The molecule has 16 heteroatoms. The predicted molar refractivity (Wildman–Crippen MR) is 245 cm³/mol. The summed E-state index contributed by atoms with van der Waals surface area (Å²) in [5.41, 5.74) is 1.18. The molecule has 4 unspecified atom stereocenters. The third-order valence-corrected chi connectivity index (χ3v) is 11.2. The van der Waals surface area contributed by atoms with Crippen LogP contribution in [0.4, 0.5) is 4.79 Å². The van der Waals surface area contributed by atoms with E-state index in [1.54, 1.807) is 32.7 Å². The van der Waals surface area contributed by atoms with Crippen molar-refractivity contribution in [3.05, 3.63) is 96.1 Å². The second kappa shape index (κ2) is 22.9. The number of carbonyl (C=O) groups excluding carboxylic acids is 7. The minimum Gasteiger partial charge on any atom is -0.466 e. The fourth-order valence-corrected chi connectivity index (χ4v) is 8.06. The molecule has 2 aliphatic heterocycles. The Bertz CT molecular complexity index is 2350. The van der Waals surface area contributed by atoms with E-state index in [0.29, 0.717) is 32.4 Å². The van der Waals surface area contributed by atoms with Crippen molar-refractivity contribution in [2.45, 2.75) is 90.1 Å². The van der Waals surface area contributed by atoms with Crippen molar-refractivity contribution in [1.29, 1.82) is 0 Å². The van der Waals surface area contributed by atoms with Gasteiger partial charge in [0.25, 0.3) is 0 Å². The van der Waals surface area contributed by atoms with Gasteiger partial charge in [-0.2, -0.15) is 0 Å². The molecule has 0 aliphatic carbocycles. The molecule has 0 aromatic heterocycles. The van der Waals surface area contributed by atoms with Crippen molar-refractivity contribution in [2.24, 2.45) is 0 Å². The van der Waals surface area contributed by atoms with E-state index >= 15 is 0 Å². The topological polar surface area (TPSA) is 193 Å². The highest BCUT2D eigenvalue weighted by molar-refractivity contribution is 5.93. The molecule has 5 amide bonds. The minimum absolute atomic E-state index is 0.0335. The first-order valence-electron chi connectivity index (χ1n) is 22.0. The van der Waals surface area contributed by atoms with Gasteiger partial charge in [-0.25, -0.2) is 4.79 Å². The van der Waals surface area contributed by atoms with Crippen LogP contribution < -0.4 is 16.0 Å². The van der Waals surface area contributed by atoms with E-state index in [2.05, 4.69) is 22.0 Å². The lowest BCUT2D eigenvalue weighted by atomic mass is 9.98. The summed E-state index contributed by atoms with van der Waals surface area (Å²) in [6.45, 7) is 9.42. The van der Waals surface area contributed by atoms with Crippen LogP contribution in [0.2, 0.25) is 0 Å². The van der Waals surface area contributed by atoms with Crippen molar-refractivity contribution < 1.29 is 47.8 Å². The van der Waals surface area contributed by atoms with Gasteiger partial charge in [0, 0.05) is 79.8 Å². The maximum Gasteiger partial charge on any atom is 0.411 e. The quantitative estimate of drug-likeness (QED) is 0.122. The van der Waals surface area contributed by atoms with Crippen LogP contribution >= 0.6 is 0 Å². The molecule has 2 heterocycles. The Kier molecular flexibility index (Phi) is 17.4. The molecule has 6 rings (SSSR count). The van der Waals surface area contributed by atoms with Crippen LogP contribution in [0, 0.1) is 0 Å². The standard InChI is InChI=1S/C27H35N3O6.C22H27N3O4/c1-18(31)35-15-12-22-25(33)29(13-14-30(22)26(34)36-27(2,3)4)23(24(32)28-5)17-19-10-11-20-8-6-7-9-21(20)16-19;1-15(26)29-12-9-19-22(28)25(11-10-24-19)20(21(27)23-2)14-16-7-8-17-5-3-4-6-18(17)13-16/h6-11,16,22-23H,12-15,17H2,1-5H3,(H,28,32);3-8,13,19-20,24H,9-12,14H2,1-2H3,(H,23,27). The van der Waals surface area contributed by atoms with Gasteiger partial charge in [0.1, 0.15) is 23.7 Å². The van der Waals surface area contributed by atoms with Gasteiger partial charge in [0.2, 0.25) is 23.6 Å². The van der Waals surface area contributed by atoms with Crippen molar-refractivity contribution >= 4 is 63.2 Å². The van der Waals surface area contributed by atoms with Crippen LogP contribution in [0.1, 0.15) is 58.6 Å². The summed E-state index contributed by atoms with van der Waals surface area (Å²) in [5.74, 6) is -1.84. The number of nitrogens with one attached hydrogen (secondary N) is 3. The number of carbonyl (C=O) groups is 7. The fraction of sp³-hybridized carbons (Fsp3) is 0.449. The molecule has 0 bridgehead atoms. The number of esters is 2. The molecule has 348 valence electrons. The number of piperazine rings is 2. The average Bonchev–Trinajstić information content (AvgIpc) is 3.27. The highest BCUT2D eigenvalue weighted by atomic mass is 16.6. The molecule has 0 spiro atoms. The monoisotopic (exact) mass is 894 g/mol. The summed E-state index contributed by atoms with van der Waals surface area (Å²) >= 11 is 0. The molecule has 65 heavy (non-hydrogen) atoms. The predicted octanol–water partition coefficient (Wildman–Crippen LogP) is 4.15. The minimum atomic E-state index is -0.920. The molecule has 2 saturated heterocycles. The second-order valence-corrected chi connectivity index (χ2v) is 17.0. The second-order valence-electron chi connectivity index (χ2n) is 17.0. The zero-order valence-electron chi connectivity index (χ0n) is 38.4. The maximum atomic E-state index is 13.7. The molecule has 4 aromatic carbocycles. The van der Waals surface area contributed by atoms with E-state index in [4.69, 9.17) is 14.2 Å². The molecule has 4 aromatic rings. The number of ether oxygens (including phenoxy) is 3. The molecular formula is C49H62N6O10. The maximum absolute atomic E-state index is 13.7. The van der Waals surface area contributed by atoms with Crippen molar-refractivity contribution in [2.75, 3.05) is 53.5 Å². The number of amides is 5. The van der Waals surface area contributed by atoms with Gasteiger partial charge in [0.15, 0.2) is 0 Å². The first kappa shape index (κ1) is 49.5. The number of benzene rings is 4. The third-order valence-electron chi connectivity index (χ3n) is 11.2. The highest BCUT2D eigenvalue weighted by Gasteiger charge is 2.43. The normalized spacial score (nSPS) is 17.4. The Morgan fingerprint density at radius 2 is 1.14 bits per heavy atom. The van der Waals surface area contributed by atoms with E-state index in [0.717, 1.165) is 32.7 Å². The van der Waals surface area contributed by atoms with Crippen molar-refractivity contribution in [1.82, 2.24) is 30.7 Å². The lowest BCUT2D eigenvalue weighted by Gasteiger charge is -2.43. The number of fused-ring (bicyclic) bond motifs is 2. The summed E-state index contributed by atoms with van der Waals surface area (Å²) < 4.78 is 15.5. The summed E-state index contributed by atoms with van der Waals surface area (Å²) in [6.07, 6.45) is 0.622. The molecule has 0 saturated carbocycles. The number of hydrogen-bond donors (Lipinski definition) is 3. The highest BCUT2D eigenvalue weighted by Crippen LogP contribution is 2.25. The van der Waals surface area contributed by atoms with Gasteiger partial charge < -0.3 is 40.0 Å². The Labute approximate surface area is 380 Å². The van der Waals surface area contributed by atoms with Crippen LogP contribution in [0.3, 0.4) is 0 Å². The summed E-state index contributed by atoms with van der Waals surface area (Å²) in [7, 11) is 3.12. The van der Waals surface area contributed by atoms with Crippen molar-refractivity contribution in [3.63, 3.8) is 0 Å². The van der Waals surface area contributed by atoms with Gasteiger partial charge in [0.05, 0.1) is 19.3 Å². The van der Waals surface area contributed by atoms with Crippen LogP contribution in [0.5, 0.6) is 0 Å². The molecular weight excluding hydrogens is 833 g/mol. The van der Waals surface area contributed by atoms with Gasteiger partial charge in [-0.15, -0.1) is 0 Å². The summed E-state index contributed by atoms with van der Waals surface area (Å²) in [4.78, 5) is 92.0. The number of hydrogen-bond acceptors (Lipinski definition) is 11. The Morgan fingerprint density at radius 1 is 0.662 bits per heavy atom. The Hall–Kier alpha value is -6.55. The molecule has 2 aliphatic rings. The van der Waals surface area contributed by atoms with Crippen LogP contribution in [0.15, 0.2) is 84.9 Å². The lowest BCUT2D eigenvalue weighted by Crippen LogP contribution is -2.64. The Balaban J connectivity index is 0.000000250. The number of rotatable bonds is 14. The zero-order chi connectivity index (χ0) is 47.3. The van der Waals surface area contributed by atoms with Gasteiger partial charge in [-0.1, -0.05) is 84.9 Å². The van der Waals surface area contributed by atoms with Crippen molar-refractivity contribution in [3.8, 4) is 0 Å². The zero-order valence-corrected chi connectivity index (χ0v) is 38.4. The van der Waals surface area contributed by atoms with Gasteiger partial charge >= 0.3 is 18.0 Å². The molecule has 16 nitrogen and oxygen atoms in total. The fourth-order valence-electron chi connectivity index (χ4n) is 8.06. The molecule has 4 atom stereocenters. The van der Waals surface area contributed by atoms with E-state index in [1.165, 1.54) is 30.7 Å². The lowest BCUT2D eigenvalue weighted by molar-refractivity contribution is -0.151.